The van der Waals surface area contributed by atoms with Gasteiger partial charge in [0.05, 0.1) is 29.0 Å². The molecule has 0 unspecified atom stereocenters. The SMILES string of the molecule is O=C(NCCN1CCOCC1)c1cn(Cc2cccc(Br)c2)c2ccc([N+](=O)[O-])cc2c1=O. The second kappa shape index (κ2) is 10.2. The predicted octanol–water partition coefficient (Wildman–Crippen LogP) is 2.78. The molecule has 1 fully saturated rings. The van der Waals surface area contributed by atoms with Crippen molar-refractivity contribution < 1.29 is 14.5 Å². The van der Waals surface area contributed by atoms with Gasteiger partial charge in [-0.25, -0.2) is 0 Å². The van der Waals surface area contributed by atoms with Gasteiger partial charge in [0.1, 0.15) is 5.56 Å². The molecule has 1 amide bonds. The molecule has 10 heteroatoms. The van der Waals surface area contributed by atoms with Crippen LogP contribution in [0, 0.1) is 10.1 Å². The molecule has 2 aromatic carbocycles. The van der Waals surface area contributed by atoms with Gasteiger partial charge in [0.15, 0.2) is 0 Å². The zero-order valence-electron chi connectivity index (χ0n) is 17.8. The van der Waals surface area contributed by atoms with Crippen molar-refractivity contribution >= 4 is 38.4 Å². The highest BCUT2D eigenvalue weighted by Crippen LogP contribution is 2.21. The Morgan fingerprint density at radius 1 is 1.18 bits per heavy atom. The maximum atomic E-state index is 13.1. The number of morpholine rings is 1. The van der Waals surface area contributed by atoms with Crippen LogP contribution in [0.15, 0.2) is 57.9 Å². The van der Waals surface area contributed by atoms with E-state index in [-0.39, 0.29) is 16.6 Å². The second-order valence-electron chi connectivity index (χ2n) is 7.80. The average Bonchev–Trinajstić information content (AvgIpc) is 2.81. The quantitative estimate of drug-likeness (QED) is 0.383. The number of rotatable bonds is 7. The summed E-state index contributed by atoms with van der Waals surface area (Å²) in [5.74, 6) is -0.496. The first-order chi connectivity index (χ1) is 15.9. The van der Waals surface area contributed by atoms with Gasteiger partial charge in [-0.1, -0.05) is 28.1 Å². The molecule has 0 atom stereocenters. The minimum absolute atomic E-state index is 0.0417. The number of aromatic nitrogens is 1. The molecular weight excluding hydrogens is 492 g/mol. The number of carbonyl (C=O) groups excluding carboxylic acids is 1. The van der Waals surface area contributed by atoms with Crippen molar-refractivity contribution in [2.45, 2.75) is 6.54 Å². The highest BCUT2D eigenvalue weighted by molar-refractivity contribution is 9.10. The summed E-state index contributed by atoms with van der Waals surface area (Å²) in [6, 6.07) is 11.8. The minimum Gasteiger partial charge on any atom is -0.379 e. The summed E-state index contributed by atoms with van der Waals surface area (Å²) in [5.41, 5.74) is 0.711. The van der Waals surface area contributed by atoms with Crippen LogP contribution in [0.1, 0.15) is 15.9 Å². The van der Waals surface area contributed by atoms with Crippen LogP contribution >= 0.6 is 15.9 Å². The minimum atomic E-state index is -0.549. The van der Waals surface area contributed by atoms with Crippen LogP contribution in [0.5, 0.6) is 0 Å². The molecule has 0 aliphatic carbocycles. The summed E-state index contributed by atoms with van der Waals surface area (Å²) < 4.78 is 8.01. The van der Waals surface area contributed by atoms with Gasteiger partial charge in [-0.3, -0.25) is 24.6 Å². The number of ether oxygens (including phenoxy) is 1. The molecule has 0 radical (unpaired) electrons. The smallest absolute Gasteiger partial charge is 0.270 e. The van der Waals surface area contributed by atoms with Gasteiger partial charge in [0.25, 0.3) is 11.6 Å². The lowest BCUT2D eigenvalue weighted by atomic mass is 10.1. The van der Waals surface area contributed by atoms with E-state index >= 15 is 0 Å². The first-order valence-corrected chi connectivity index (χ1v) is 11.4. The lowest BCUT2D eigenvalue weighted by Crippen LogP contribution is -2.42. The van der Waals surface area contributed by atoms with E-state index in [0.29, 0.717) is 38.4 Å². The largest absolute Gasteiger partial charge is 0.379 e. The fourth-order valence-electron chi connectivity index (χ4n) is 3.87. The van der Waals surface area contributed by atoms with Crippen molar-refractivity contribution in [2.24, 2.45) is 0 Å². The Hall–Kier alpha value is -3.08. The van der Waals surface area contributed by atoms with Crippen LogP contribution in [-0.2, 0) is 11.3 Å². The molecule has 0 spiro atoms. The molecule has 33 heavy (non-hydrogen) atoms. The molecule has 1 N–H and O–H groups in total. The molecule has 0 bridgehead atoms. The second-order valence-corrected chi connectivity index (χ2v) is 8.71. The summed E-state index contributed by atoms with van der Waals surface area (Å²) in [6.45, 7) is 4.36. The molecule has 2 heterocycles. The van der Waals surface area contributed by atoms with Crippen molar-refractivity contribution in [3.63, 3.8) is 0 Å². The third-order valence-corrected chi connectivity index (χ3v) is 6.07. The third kappa shape index (κ3) is 5.47. The van der Waals surface area contributed by atoms with Crippen LogP contribution in [0.4, 0.5) is 5.69 Å². The number of hydrogen-bond donors (Lipinski definition) is 1. The fourth-order valence-corrected chi connectivity index (χ4v) is 4.32. The number of benzene rings is 2. The van der Waals surface area contributed by atoms with Crippen LogP contribution in [-0.4, -0.2) is 59.7 Å². The zero-order chi connectivity index (χ0) is 23.4. The van der Waals surface area contributed by atoms with Crippen molar-refractivity contribution in [1.29, 1.82) is 0 Å². The van der Waals surface area contributed by atoms with Crippen molar-refractivity contribution in [1.82, 2.24) is 14.8 Å². The number of fused-ring (bicyclic) bond motifs is 1. The van der Waals surface area contributed by atoms with Crippen LogP contribution in [0.3, 0.4) is 0 Å². The van der Waals surface area contributed by atoms with Gasteiger partial charge in [-0.05, 0) is 23.8 Å². The number of pyridine rings is 1. The van der Waals surface area contributed by atoms with Gasteiger partial charge in [0.2, 0.25) is 5.43 Å². The summed E-state index contributed by atoms with van der Waals surface area (Å²) in [4.78, 5) is 39.0. The molecule has 4 rings (SSSR count). The lowest BCUT2D eigenvalue weighted by Gasteiger charge is -2.26. The van der Waals surface area contributed by atoms with E-state index < -0.39 is 16.3 Å². The predicted molar refractivity (Wildman–Crippen MR) is 128 cm³/mol. The van der Waals surface area contributed by atoms with E-state index in [1.54, 1.807) is 10.6 Å². The first kappa shape index (κ1) is 23.1. The maximum Gasteiger partial charge on any atom is 0.270 e. The van der Waals surface area contributed by atoms with E-state index in [1.165, 1.54) is 18.3 Å². The highest BCUT2D eigenvalue weighted by atomic mass is 79.9. The van der Waals surface area contributed by atoms with Gasteiger partial charge in [-0.15, -0.1) is 0 Å². The lowest BCUT2D eigenvalue weighted by molar-refractivity contribution is -0.384. The van der Waals surface area contributed by atoms with E-state index in [2.05, 4.69) is 26.1 Å². The Morgan fingerprint density at radius 2 is 1.97 bits per heavy atom. The van der Waals surface area contributed by atoms with Crippen molar-refractivity contribution in [3.05, 3.63) is 84.6 Å². The number of carbonyl (C=O) groups is 1. The molecule has 172 valence electrons. The van der Waals surface area contributed by atoms with Crippen LogP contribution in [0.25, 0.3) is 10.9 Å². The van der Waals surface area contributed by atoms with E-state index in [4.69, 9.17) is 4.74 Å². The Kier molecular flexibility index (Phi) is 7.17. The van der Waals surface area contributed by atoms with Crippen molar-refractivity contribution in [3.8, 4) is 0 Å². The molecule has 3 aromatic rings. The summed E-state index contributed by atoms with van der Waals surface area (Å²) in [7, 11) is 0. The molecule has 1 aromatic heterocycles. The number of nitro benzene ring substituents is 1. The van der Waals surface area contributed by atoms with Crippen LogP contribution < -0.4 is 10.7 Å². The summed E-state index contributed by atoms with van der Waals surface area (Å²) >= 11 is 3.45. The number of nitrogens with zero attached hydrogens (tertiary/aromatic N) is 3. The number of halogens is 1. The normalized spacial score (nSPS) is 14.3. The molecule has 9 nitrogen and oxygen atoms in total. The summed E-state index contributed by atoms with van der Waals surface area (Å²) in [6.07, 6.45) is 1.53. The topological polar surface area (TPSA) is 107 Å². The maximum absolute atomic E-state index is 13.1. The number of hydrogen-bond acceptors (Lipinski definition) is 6. The summed E-state index contributed by atoms with van der Waals surface area (Å²) in [5, 5.41) is 14.2. The highest BCUT2D eigenvalue weighted by Gasteiger charge is 2.19. The van der Waals surface area contributed by atoms with Gasteiger partial charge in [-0.2, -0.15) is 0 Å². The van der Waals surface area contributed by atoms with Gasteiger partial charge in [0, 0.05) is 55.5 Å². The molecule has 0 saturated carbocycles. The Balaban J connectivity index is 1.66. The van der Waals surface area contributed by atoms with Crippen molar-refractivity contribution in [2.75, 3.05) is 39.4 Å². The standard InChI is InChI=1S/C23H23BrN4O5/c24-17-3-1-2-16(12-17)14-27-15-20(23(30)25-6-7-26-8-10-33-11-9-26)22(29)19-13-18(28(31)32)4-5-21(19)27/h1-5,12-13,15H,6-11,14H2,(H,25,30). The number of non-ortho nitro benzene ring substituents is 1. The third-order valence-electron chi connectivity index (χ3n) is 5.58. The molecule has 1 aliphatic heterocycles. The Bertz CT molecular complexity index is 1250. The monoisotopic (exact) mass is 514 g/mol. The Morgan fingerprint density at radius 3 is 2.70 bits per heavy atom. The molecular formula is C23H23BrN4O5. The number of amides is 1. The molecule has 1 aliphatic rings. The van der Waals surface area contributed by atoms with Gasteiger partial charge < -0.3 is 14.6 Å². The average molecular weight is 515 g/mol. The Labute approximate surface area is 198 Å². The number of nitrogens with one attached hydrogen (secondary N) is 1. The van der Waals surface area contributed by atoms with Crippen LogP contribution in [0.2, 0.25) is 0 Å². The van der Waals surface area contributed by atoms with E-state index in [9.17, 15) is 19.7 Å². The van der Waals surface area contributed by atoms with Gasteiger partial charge >= 0.3 is 0 Å². The fraction of sp³-hybridized carbons (Fsp3) is 0.304. The van der Waals surface area contributed by atoms with E-state index in [1.807, 2.05) is 24.3 Å². The zero-order valence-corrected chi connectivity index (χ0v) is 19.4. The molecule has 1 saturated heterocycles. The number of nitro groups is 1. The van der Waals surface area contributed by atoms with E-state index in [0.717, 1.165) is 23.1 Å². The first-order valence-electron chi connectivity index (χ1n) is 10.6.